The van der Waals surface area contributed by atoms with Gasteiger partial charge in [0.25, 0.3) is 0 Å². The Bertz CT molecular complexity index is 869. The minimum absolute atomic E-state index is 0.130. The van der Waals surface area contributed by atoms with Crippen LogP contribution in [-0.4, -0.2) is 60.1 Å². The topological polar surface area (TPSA) is 67.6 Å². The Morgan fingerprint density at radius 2 is 1.71 bits per heavy atom. The Labute approximate surface area is 166 Å². The Morgan fingerprint density at radius 1 is 1.11 bits per heavy atom. The van der Waals surface area contributed by atoms with Gasteiger partial charge in [0.15, 0.2) is 0 Å². The number of nitrogens with zero attached hydrogens (tertiary/aromatic N) is 3. The maximum absolute atomic E-state index is 12.4. The van der Waals surface area contributed by atoms with Crippen LogP contribution >= 0.6 is 0 Å². The number of carbonyl (C=O) groups is 1. The first-order chi connectivity index (χ1) is 13.5. The van der Waals surface area contributed by atoms with Crippen molar-refractivity contribution in [1.29, 1.82) is 5.26 Å². The molecule has 144 valence electrons. The van der Waals surface area contributed by atoms with Crippen molar-refractivity contribution in [3.63, 3.8) is 0 Å². The highest BCUT2D eigenvalue weighted by Crippen LogP contribution is 2.40. The summed E-state index contributed by atoms with van der Waals surface area (Å²) in [5.74, 6) is -0.303. The molecule has 1 aliphatic heterocycles. The highest BCUT2D eigenvalue weighted by molar-refractivity contribution is 5.81. The molecule has 3 atom stereocenters. The van der Waals surface area contributed by atoms with Crippen molar-refractivity contribution in [3.05, 3.63) is 71.3 Å². The smallest absolute Gasteiger partial charge is 0.238 e. The van der Waals surface area contributed by atoms with Gasteiger partial charge in [-0.25, -0.2) is 0 Å². The van der Waals surface area contributed by atoms with Crippen molar-refractivity contribution >= 4 is 18.1 Å². The van der Waals surface area contributed by atoms with Gasteiger partial charge in [-0.3, -0.25) is 4.79 Å². The van der Waals surface area contributed by atoms with E-state index >= 15 is 0 Å². The number of rotatable bonds is 6. The van der Waals surface area contributed by atoms with Gasteiger partial charge in [0, 0.05) is 5.92 Å². The van der Waals surface area contributed by atoms with Crippen molar-refractivity contribution < 1.29 is 9.90 Å². The predicted octanol–water partition coefficient (Wildman–Crippen LogP) is 2.60. The first kappa shape index (κ1) is 19.8. The van der Waals surface area contributed by atoms with E-state index in [2.05, 4.69) is 12.1 Å². The average molecular weight is 375 g/mol. The van der Waals surface area contributed by atoms with Crippen LogP contribution in [0.15, 0.2) is 54.6 Å². The fraction of sp³-hybridized carbons (Fsp3) is 0.304. The van der Waals surface area contributed by atoms with Gasteiger partial charge in [0.05, 0.1) is 25.3 Å². The number of carbonyl (C=O) groups excluding carboxylic acids is 1. The fourth-order valence-corrected chi connectivity index (χ4v) is 3.69. The van der Waals surface area contributed by atoms with Gasteiger partial charge >= 0.3 is 0 Å². The maximum Gasteiger partial charge on any atom is 0.238 e. The van der Waals surface area contributed by atoms with E-state index in [4.69, 9.17) is 0 Å². The normalized spacial score (nSPS) is 21.5. The third kappa shape index (κ3) is 4.14. The Balaban J connectivity index is 1.74. The zero-order valence-electron chi connectivity index (χ0n) is 16.2. The molecule has 1 amide bonds. The first-order valence-electron chi connectivity index (χ1n) is 9.34. The summed E-state index contributed by atoms with van der Waals surface area (Å²) in [4.78, 5) is 15.7. The molecule has 0 saturated carbocycles. The minimum atomic E-state index is -0.546. The molecule has 1 saturated heterocycles. The standard InChI is InChI=1S/C23H25N3O2/c1-25(2)15-22(28)26-20(14-24)23(21(26)16-27)19-12-10-18(11-13-19)9-8-17-6-4-3-5-7-17/h3-13,20-21,23,27H,15-16H2,1-2H3/b9-8+/t20-,21-,23-/m1/s1. The van der Waals surface area contributed by atoms with E-state index in [9.17, 15) is 15.2 Å². The van der Waals surface area contributed by atoms with Gasteiger partial charge < -0.3 is 14.9 Å². The molecule has 1 fully saturated rings. The highest BCUT2D eigenvalue weighted by atomic mass is 16.3. The molecule has 28 heavy (non-hydrogen) atoms. The molecule has 0 spiro atoms. The summed E-state index contributed by atoms with van der Waals surface area (Å²) in [7, 11) is 3.62. The molecule has 2 aromatic carbocycles. The molecular weight excluding hydrogens is 350 g/mol. The van der Waals surface area contributed by atoms with Crippen LogP contribution < -0.4 is 0 Å². The lowest BCUT2D eigenvalue weighted by Gasteiger charge is -2.51. The lowest BCUT2D eigenvalue weighted by molar-refractivity contribution is -0.147. The maximum atomic E-state index is 12.4. The van der Waals surface area contributed by atoms with Crippen LogP contribution in [0.1, 0.15) is 22.6 Å². The third-order valence-electron chi connectivity index (χ3n) is 5.06. The molecule has 1 heterocycles. The second kappa shape index (κ2) is 8.83. The van der Waals surface area contributed by atoms with Crippen LogP contribution in [-0.2, 0) is 4.79 Å². The van der Waals surface area contributed by atoms with Gasteiger partial charge in [-0.2, -0.15) is 5.26 Å². The quantitative estimate of drug-likeness (QED) is 0.788. The molecule has 3 rings (SSSR count). The number of hydrogen-bond acceptors (Lipinski definition) is 4. The van der Waals surface area contributed by atoms with Crippen LogP contribution in [0.4, 0.5) is 0 Å². The second-order valence-corrected chi connectivity index (χ2v) is 7.30. The molecule has 1 aliphatic rings. The van der Waals surface area contributed by atoms with Crippen molar-refractivity contribution in [3.8, 4) is 6.07 Å². The zero-order chi connectivity index (χ0) is 20.1. The minimum Gasteiger partial charge on any atom is -0.394 e. The molecule has 0 aliphatic carbocycles. The Morgan fingerprint density at radius 3 is 2.25 bits per heavy atom. The summed E-state index contributed by atoms with van der Waals surface area (Å²) in [6, 6.07) is 19.4. The van der Waals surface area contributed by atoms with Gasteiger partial charge in [-0.1, -0.05) is 66.7 Å². The number of amides is 1. The lowest BCUT2D eigenvalue weighted by Crippen LogP contribution is -2.66. The van der Waals surface area contributed by atoms with Crippen molar-refractivity contribution in [2.75, 3.05) is 27.2 Å². The second-order valence-electron chi connectivity index (χ2n) is 7.30. The summed E-state index contributed by atoms with van der Waals surface area (Å²) < 4.78 is 0. The summed E-state index contributed by atoms with van der Waals surface area (Å²) in [6.45, 7) is 0.0717. The number of likely N-dealkylation sites (N-methyl/N-ethyl adjacent to an activating group) is 1. The van der Waals surface area contributed by atoms with Crippen molar-refractivity contribution in [2.24, 2.45) is 0 Å². The molecule has 0 unspecified atom stereocenters. The number of likely N-dealkylation sites (tertiary alicyclic amines) is 1. The fourth-order valence-electron chi connectivity index (χ4n) is 3.69. The lowest BCUT2D eigenvalue weighted by atomic mass is 9.75. The third-order valence-corrected chi connectivity index (χ3v) is 5.06. The van der Waals surface area contributed by atoms with Gasteiger partial charge in [-0.05, 0) is 30.8 Å². The van der Waals surface area contributed by atoms with Crippen molar-refractivity contribution in [2.45, 2.75) is 18.0 Å². The van der Waals surface area contributed by atoms with Gasteiger partial charge in [-0.15, -0.1) is 0 Å². The summed E-state index contributed by atoms with van der Waals surface area (Å²) >= 11 is 0. The molecule has 0 aromatic heterocycles. The number of aliphatic hydroxyl groups excluding tert-OH is 1. The SMILES string of the molecule is CN(C)CC(=O)N1[C@H](C#N)[C@@H](c2ccc(/C=C/c3ccccc3)cc2)[C@H]1CO. The van der Waals surface area contributed by atoms with E-state index in [1.165, 1.54) is 4.90 Å². The molecule has 5 heteroatoms. The van der Waals surface area contributed by atoms with E-state index < -0.39 is 6.04 Å². The van der Waals surface area contributed by atoms with Gasteiger partial charge in [0.2, 0.25) is 5.91 Å². The van der Waals surface area contributed by atoms with E-state index in [0.29, 0.717) is 0 Å². The highest BCUT2D eigenvalue weighted by Gasteiger charge is 2.51. The van der Waals surface area contributed by atoms with E-state index in [-0.39, 0.29) is 31.0 Å². The van der Waals surface area contributed by atoms with Crippen LogP contribution in [0.3, 0.4) is 0 Å². The van der Waals surface area contributed by atoms with Crippen molar-refractivity contribution in [1.82, 2.24) is 9.80 Å². The number of nitriles is 1. The van der Waals surface area contributed by atoms with Crippen LogP contribution in [0.2, 0.25) is 0 Å². The zero-order valence-corrected chi connectivity index (χ0v) is 16.2. The average Bonchev–Trinajstić information content (AvgIpc) is 2.67. The van der Waals surface area contributed by atoms with E-state index in [0.717, 1.165) is 16.7 Å². The molecule has 0 bridgehead atoms. The number of aliphatic hydroxyl groups is 1. The predicted molar refractivity (Wildman–Crippen MR) is 110 cm³/mol. The van der Waals surface area contributed by atoms with Crippen LogP contribution in [0.25, 0.3) is 12.2 Å². The molecule has 2 aromatic rings. The first-order valence-corrected chi connectivity index (χ1v) is 9.34. The van der Waals surface area contributed by atoms with Crippen LogP contribution in [0, 0.1) is 11.3 Å². The largest absolute Gasteiger partial charge is 0.394 e. The van der Waals surface area contributed by atoms with E-state index in [1.54, 1.807) is 4.90 Å². The van der Waals surface area contributed by atoms with Gasteiger partial charge in [0.1, 0.15) is 6.04 Å². The molecule has 0 radical (unpaired) electrons. The molecule has 5 nitrogen and oxygen atoms in total. The number of hydrogen-bond donors (Lipinski definition) is 1. The monoisotopic (exact) mass is 375 g/mol. The summed E-state index contributed by atoms with van der Waals surface area (Å²) in [5, 5.41) is 19.4. The van der Waals surface area contributed by atoms with Crippen LogP contribution in [0.5, 0.6) is 0 Å². The summed E-state index contributed by atoms with van der Waals surface area (Å²) in [6.07, 6.45) is 4.09. The van der Waals surface area contributed by atoms with E-state index in [1.807, 2.05) is 74.8 Å². The molecular formula is C23H25N3O2. The number of benzene rings is 2. The molecule has 1 N–H and O–H groups in total. The summed E-state index contributed by atoms with van der Waals surface area (Å²) in [5.41, 5.74) is 3.16. The Hall–Kier alpha value is -2.94. The Kier molecular flexibility index (Phi) is 6.25.